The highest BCUT2D eigenvalue weighted by Crippen LogP contribution is 2.16. The number of H-pyrrole nitrogens is 1. The van der Waals surface area contributed by atoms with E-state index in [1.807, 2.05) is 30.5 Å². The number of benzene rings is 1. The van der Waals surface area contributed by atoms with Gasteiger partial charge < -0.3 is 24.9 Å². The van der Waals surface area contributed by atoms with Gasteiger partial charge in [-0.05, 0) is 30.0 Å². The average molecular weight is 304 g/mol. The molecule has 0 aliphatic carbocycles. The predicted molar refractivity (Wildman–Crippen MR) is 81.8 cm³/mol. The number of rotatable bonds is 5. The molecule has 1 aromatic heterocycles. The molecule has 1 fully saturated rings. The summed E-state index contributed by atoms with van der Waals surface area (Å²) in [6.45, 7) is 1.23. The van der Waals surface area contributed by atoms with Gasteiger partial charge in [0.2, 0.25) is 0 Å². The molecular formula is C16H20N2O4. The monoisotopic (exact) mass is 304 g/mol. The molecular weight excluding hydrogens is 284 g/mol. The Bertz CT molecular complexity index is 640. The number of aromatic amines is 1. The number of fused-ring (bicyclic) bond motifs is 1. The molecule has 22 heavy (non-hydrogen) atoms. The second kappa shape index (κ2) is 6.91. The number of carbonyl (C=O) groups excluding carboxylic acids is 1. The molecule has 0 bridgehead atoms. The Balaban J connectivity index is 1.68. The Labute approximate surface area is 128 Å². The summed E-state index contributed by atoms with van der Waals surface area (Å²) >= 11 is 0. The Morgan fingerprint density at radius 3 is 3.23 bits per heavy atom. The summed E-state index contributed by atoms with van der Waals surface area (Å²) in [7, 11) is 0. The van der Waals surface area contributed by atoms with Crippen LogP contribution in [0.5, 0.6) is 0 Å². The van der Waals surface area contributed by atoms with Crippen molar-refractivity contribution in [2.45, 2.75) is 18.6 Å². The SMILES string of the molecule is O=C(N[C@@H]1CCOC[C@H]1OCCO)c1ccc2cc[nH]c2c1. The summed E-state index contributed by atoms with van der Waals surface area (Å²) in [6, 6.07) is 7.44. The molecule has 1 aromatic carbocycles. The number of aliphatic hydroxyl groups is 1. The number of aliphatic hydroxyl groups excluding tert-OH is 1. The van der Waals surface area contributed by atoms with E-state index in [4.69, 9.17) is 14.6 Å². The molecule has 2 aromatic rings. The van der Waals surface area contributed by atoms with Crippen molar-refractivity contribution in [3.8, 4) is 0 Å². The van der Waals surface area contributed by atoms with E-state index in [1.165, 1.54) is 0 Å². The molecule has 2 heterocycles. The molecule has 3 N–H and O–H groups in total. The lowest BCUT2D eigenvalue weighted by Gasteiger charge is -2.32. The summed E-state index contributed by atoms with van der Waals surface area (Å²) in [5.41, 5.74) is 1.55. The minimum atomic E-state index is -0.223. The molecule has 2 atom stereocenters. The Morgan fingerprint density at radius 2 is 2.36 bits per heavy atom. The van der Waals surface area contributed by atoms with Crippen LogP contribution in [0.15, 0.2) is 30.5 Å². The van der Waals surface area contributed by atoms with Gasteiger partial charge in [0.25, 0.3) is 5.91 Å². The number of nitrogens with one attached hydrogen (secondary N) is 2. The molecule has 118 valence electrons. The first-order valence-corrected chi connectivity index (χ1v) is 7.46. The second-order valence-corrected chi connectivity index (χ2v) is 5.36. The van der Waals surface area contributed by atoms with Crippen LogP contribution in [0.2, 0.25) is 0 Å². The van der Waals surface area contributed by atoms with Crippen LogP contribution in [0.4, 0.5) is 0 Å². The smallest absolute Gasteiger partial charge is 0.251 e. The molecule has 1 amide bonds. The van der Waals surface area contributed by atoms with E-state index in [0.717, 1.165) is 10.9 Å². The zero-order valence-corrected chi connectivity index (χ0v) is 12.2. The molecule has 1 aliphatic rings. The number of amides is 1. The summed E-state index contributed by atoms with van der Waals surface area (Å²) in [5, 5.41) is 13.0. The summed E-state index contributed by atoms with van der Waals surface area (Å²) in [6.07, 6.45) is 2.33. The van der Waals surface area contributed by atoms with Gasteiger partial charge in [-0.2, -0.15) is 0 Å². The maximum atomic E-state index is 12.4. The lowest BCUT2D eigenvalue weighted by atomic mass is 10.0. The van der Waals surface area contributed by atoms with Crippen LogP contribution in [0.25, 0.3) is 10.9 Å². The van der Waals surface area contributed by atoms with Crippen molar-refractivity contribution in [3.05, 3.63) is 36.0 Å². The maximum Gasteiger partial charge on any atom is 0.251 e. The quantitative estimate of drug-likeness (QED) is 0.771. The topological polar surface area (TPSA) is 83.6 Å². The molecule has 3 rings (SSSR count). The Morgan fingerprint density at radius 1 is 1.45 bits per heavy atom. The van der Waals surface area contributed by atoms with Crippen LogP contribution in [0, 0.1) is 0 Å². The molecule has 1 aliphatic heterocycles. The fraction of sp³-hybridized carbons (Fsp3) is 0.438. The minimum absolute atomic E-state index is 0.0410. The zero-order chi connectivity index (χ0) is 15.4. The first-order chi connectivity index (χ1) is 10.8. The van der Waals surface area contributed by atoms with Crippen molar-refractivity contribution >= 4 is 16.8 Å². The fourth-order valence-electron chi connectivity index (χ4n) is 2.69. The second-order valence-electron chi connectivity index (χ2n) is 5.36. The Hall–Kier alpha value is -1.89. The minimum Gasteiger partial charge on any atom is -0.394 e. The van der Waals surface area contributed by atoms with Crippen LogP contribution in [0.3, 0.4) is 0 Å². The van der Waals surface area contributed by atoms with Crippen LogP contribution < -0.4 is 5.32 Å². The van der Waals surface area contributed by atoms with Crippen molar-refractivity contribution in [2.75, 3.05) is 26.4 Å². The third-order valence-electron chi connectivity index (χ3n) is 3.86. The van der Waals surface area contributed by atoms with E-state index < -0.39 is 0 Å². The number of carbonyl (C=O) groups is 1. The van der Waals surface area contributed by atoms with Gasteiger partial charge in [0.15, 0.2) is 0 Å². The van der Waals surface area contributed by atoms with Crippen molar-refractivity contribution in [1.29, 1.82) is 0 Å². The van der Waals surface area contributed by atoms with Gasteiger partial charge in [0.05, 0.1) is 25.9 Å². The molecule has 0 unspecified atom stereocenters. The highest BCUT2D eigenvalue weighted by molar-refractivity contribution is 5.98. The molecule has 0 radical (unpaired) electrons. The standard InChI is InChI=1S/C16H20N2O4/c19-6-8-22-15-10-21-7-4-13(15)18-16(20)12-2-1-11-3-5-17-14(11)9-12/h1-3,5,9,13,15,17,19H,4,6-8,10H2,(H,18,20)/t13-,15-/m1/s1. The molecule has 6 nitrogen and oxygen atoms in total. The third-order valence-corrected chi connectivity index (χ3v) is 3.86. The lowest BCUT2D eigenvalue weighted by Crippen LogP contribution is -2.50. The van der Waals surface area contributed by atoms with E-state index in [0.29, 0.717) is 25.2 Å². The van der Waals surface area contributed by atoms with Gasteiger partial charge in [-0.3, -0.25) is 4.79 Å². The van der Waals surface area contributed by atoms with E-state index in [9.17, 15) is 4.79 Å². The fourth-order valence-corrected chi connectivity index (χ4v) is 2.69. The molecule has 0 spiro atoms. The molecule has 0 saturated carbocycles. The number of hydrogen-bond donors (Lipinski definition) is 3. The average Bonchev–Trinajstić information content (AvgIpc) is 3.01. The summed E-state index contributed by atoms with van der Waals surface area (Å²) in [4.78, 5) is 15.5. The van der Waals surface area contributed by atoms with Crippen molar-refractivity contribution < 1.29 is 19.4 Å². The molecule has 1 saturated heterocycles. The van der Waals surface area contributed by atoms with Gasteiger partial charge in [0, 0.05) is 23.9 Å². The van der Waals surface area contributed by atoms with E-state index in [1.54, 1.807) is 0 Å². The van der Waals surface area contributed by atoms with Crippen LogP contribution in [-0.4, -0.2) is 54.6 Å². The highest BCUT2D eigenvalue weighted by Gasteiger charge is 2.28. The number of ether oxygens (including phenoxy) is 2. The largest absolute Gasteiger partial charge is 0.394 e. The van der Waals surface area contributed by atoms with Gasteiger partial charge in [-0.1, -0.05) is 6.07 Å². The van der Waals surface area contributed by atoms with Crippen molar-refractivity contribution in [1.82, 2.24) is 10.3 Å². The van der Waals surface area contributed by atoms with E-state index in [2.05, 4.69) is 10.3 Å². The van der Waals surface area contributed by atoms with E-state index in [-0.39, 0.29) is 31.3 Å². The van der Waals surface area contributed by atoms with E-state index >= 15 is 0 Å². The number of aromatic nitrogens is 1. The molecule has 6 heteroatoms. The van der Waals surface area contributed by atoms with Crippen molar-refractivity contribution in [3.63, 3.8) is 0 Å². The zero-order valence-electron chi connectivity index (χ0n) is 12.2. The highest BCUT2D eigenvalue weighted by atomic mass is 16.5. The predicted octanol–water partition coefficient (Wildman–Crippen LogP) is 1.06. The first kappa shape index (κ1) is 15.0. The van der Waals surface area contributed by atoms with Gasteiger partial charge in [-0.25, -0.2) is 0 Å². The van der Waals surface area contributed by atoms with Crippen LogP contribution in [-0.2, 0) is 9.47 Å². The number of hydrogen-bond acceptors (Lipinski definition) is 4. The van der Waals surface area contributed by atoms with Crippen LogP contribution in [0.1, 0.15) is 16.8 Å². The normalized spacial score (nSPS) is 21.9. The lowest BCUT2D eigenvalue weighted by molar-refractivity contribution is -0.0737. The summed E-state index contributed by atoms with van der Waals surface area (Å²) < 4.78 is 10.9. The van der Waals surface area contributed by atoms with Crippen LogP contribution >= 0.6 is 0 Å². The third kappa shape index (κ3) is 3.30. The van der Waals surface area contributed by atoms with Crippen molar-refractivity contribution in [2.24, 2.45) is 0 Å². The first-order valence-electron chi connectivity index (χ1n) is 7.46. The van der Waals surface area contributed by atoms with Gasteiger partial charge in [0.1, 0.15) is 6.10 Å². The summed E-state index contributed by atoms with van der Waals surface area (Å²) in [5.74, 6) is -0.124. The van der Waals surface area contributed by atoms with Gasteiger partial charge >= 0.3 is 0 Å². The Kier molecular flexibility index (Phi) is 4.72. The van der Waals surface area contributed by atoms with Gasteiger partial charge in [-0.15, -0.1) is 0 Å². The maximum absolute atomic E-state index is 12.4.